The van der Waals surface area contributed by atoms with Crippen LogP contribution in [0, 0.1) is 0 Å². The van der Waals surface area contributed by atoms with Crippen LogP contribution in [0.15, 0.2) is 21.6 Å². The van der Waals surface area contributed by atoms with Gasteiger partial charge in [-0.05, 0) is 6.42 Å². The van der Waals surface area contributed by atoms with E-state index in [-0.39, 0.29) is 35.8 Å². The highest BCUT2D eigenvalue weighted by atomic mass is 16.3. The van der Waals surface area contributed by atoms with Gasteiger partial charge >= 0.3 is 0 Å². The first-order valence-corrected chi connectivity index (χ1v) is 8.04. The minimum absolute atomic E-state index is 0.222. The topological polar surface area (TPSA) is 110 Å². The number of hydrogen-bond donors (Lipinski definition) is 2. The van der Waals surface area contributed by atoms with E-state index in [0.29, 0.717) is 30.8 Å². The molecule has 2 aromatic heterocycles. The summed E-state index contributed by atoms with van der Waals surface area (Å²) in [7, 11) is 0. The number of oxazole rings is 2. The Balaban J connectivity index is 1.92. The van der Waals surface area contributed by atoms with Crippen molar-refractivity contribution in [1.29, 1.82) is 0 Å². The number of hydrogen-bond acceptors (Lipinski definition) is 6. The smallest absolute Gasteiger partial charge is 0.273 e. The highest BCUT2D eigenvalue weighted by Crippen LogP contribution is 2.09. The predicted octanol–water partition coefficient (Wildman–Crippen LogP) is 1.73. The minimum Gasteiger partial charge on any atom is -0.448 e. The van der Waals surface area contributed by atoms with Gasteiger partial charge in [-0.2, -0.15) is 0 Å². The quantitative estimate of drug-likeness (QED) is 0.760. The first-order valence-electron chi connectivity index (χ1n) is 8.04. The molecule has 0 aliphatic heterocycles. The van der Waals surface area contributed by atoms with Crippen molar-refractivity contribution in [3.8, 4) is 0 Å². The number of aryl methyl sites for hydroxylation is 2. The highest BCUT2D eigenvalue weighted by molar-refractivity contribution is 5.94. The van der Waals surface area contributed by atoms with E-state index in [1.165, 1.54) is 12.8 Å². The van der Waals surface area contributed by atoms with Crippen molar-refractivity contribution < 1.29 is 18.4 Å². The lowest BCUT2D eigenvalue weighted by molar-refractivity contribution is 0.0901. The van der Waals surface area contributed by atoms with Crippen molar-refractivity contribution >= 4 is 11.8 Å². The molecule has 24 heavy (non-hydrogen) atoms. The molecule has 0 bridgehead atoms. The Labute approximate surface area is 140 Å². The molecule has 0 spiro atoms. The Kier molecular flexibility index (Phi) is 6.11. The van der Waals surface area contributed by atoms with E-state index < -0.39 is 0 Å². The van der Waals surface area contributed by atoms with Gasteiger partial charge in [0.2, 0.25) is 0 Å². The summed E-state index contributed by atoms with van der Waals surface area (Å²) in [5, 5.41) is 5.62. The van der Waals surface area contributed by atoms with Gasteiger partial charge in [0.15, 0.2) is 24.2 Å². The van der Waals surface area contributed by atoms with Crippen LogP contribution in [0.1, 0.15) is 59.7 Å². The molecule has 1 atom stereocenters. The molecule has 0 fully saturated rings. The van der Waals surface area contributed by atoms with Crippen LogP contribution in [-0.4, -0.2) is 34.4 Å². The maximum atomic E-state index is 12.3. The highest BCUT2D eigenvalue weighted by Gasteiger charge is 2.20. The number of carbonyl (C=O) groups excluding carboxylic acids is 2. The van der Waals surface area contributed by atoms with E-state index in [1.807, 2.05) is 20.8 Å². The zero-order chi connectivity index (χ0) is 17.5. The maximum Gasteiger partial charge on any atom is 0.273 e. The number of nitrogens with zero attached hydrogens (tertiary/aromatic N) is 2. The van der Waals surface area contributed by atoms with Gasteiger partial charge in [-0.1, -0.05) is 20.8 Å². The van der Waals surface area contributed by atoms with E-state index in [0.717, 1.165) is 0 Å². The van der Waals surface area contributed by atoms with Crippen LogP contribution in [0.25, 0.3) is 0 Å². The lowest BCUT2D eigenvalue weighted by Gasteiger charge is -2.17. The molecule has 2 N–H and O–H groups in total. The van der Waals surface area contributed by atoms with Crippen LogP contribution in [-0.2, 0) is 12.8 Å². The SMILES string of the molecule is CCc1ocnc1C(=O)NCC(CC)NC(=O)c1ncoc1CC. The van der Waals surface area contributed by atoms with Crippen LogP contribution < -0.4 is 10.6 Å². The Morgan fingerprint density at radius 2 is 1.54 bits per heavy atom. The van der Waals surface area contributed by atoms with E-state index in [1.54, 1.807) is 0 Å². The van der Waals surface area contributed by atoms with Crippen LogP contribution in [0.2, 0.25) is 0 Å². The standard InChI is InChI=1S/C16H22N4O4/c1-4-10(20-16(22)14-12(6-3)24-9-19-14)7-17-15(21)13-11(5-2)23-8-18-13/h8-10H,4-7H2,1-3H3,(H,17,21)(H,20,22). The first kappa shape index (κ1) is 17.7. The zero-order valence-corrected chi connectivity index (χ0v) is 14.1. The summed E-state index contributed by atoms with van der Waals surface area (Å²) in [6, 6.07) is -0.222. The summed E-state index contributed by atoms with van der Waals surface area (Å²) >= 11 is 0. The predicted molar refractivity (Wildman–Crippen MR) is 85.6 cm³/mol. The van der Waals surface area contributed by atoms with Gasteiger partial charge in [-0.3, -0.25) is 9.59 Å². The van der Waals surface area contributed by atoms with E-state index >= 15 is 0 Å². The third-order valence-electron chi connectivity index (χ3n) is 3.69. The summed E-state index contributed by atoms with van der Waals surface area (Å²) in [6.45, 7) is 5.98. The van der Waals surface area contributed by atoms with Crippen molar-refractivity contribution in [3.63, 3.8) is 0 Å². The number of amides is 2. The average molecular weight is 334 g/mol. The van der Waals surface area contributed by atoms with Gasteiger partial charge in [0, 0.05) is 25.4 Å². The molecule has 2 heterocycles. The molecule has 8 heteroatoms. The molecule has 130 valence electrons. The van der Waals surface area contributed by atoms with Gasteiger partial charge in [-0.25, -0.2) is 9.97 Å². The van der Waals surface area contributed by atoms with Crippen molar-refractivity contribution in [2.45, 2.75) is 46.1 Å². The lowest BCUT2D eigenvalue weighted by atomic mass is 10.2. The van der Waals surface area contributed by atoms with Crippen LogP contribution >= 0.6 is 0 Å². The van der Waals surface area contributed by atoms with Crippen molar-refractivity contribution in [2.24, 2.45) is 0 Å². The normalized spacial score (nSPS) is 12.0. The monoisotopic (exact) mass is 334 g/mol. The molecule has 1 unspecified atom stereocenters. The summed E-state index contributed by atoms with van der Waals surface area (Å²) in [5.74, 6) is 0.461. The fourth-order valence-electron chi connectivity index (χ4n) is 2.26. The maximum absolute atomic E-state index is 12.3. The summed E-state index contributed by atoms with van der Waals surface area (Å²) < 4.78 is 10.3. The molecule has 2 amide bonds. The Morgan fingerprint density at radius 3 is 2.04 bits per heavy atom. The fourth-order valence-corrected chi connectivity index (χ4v) is 2.26. The lowest BCUT2D eigenvalue weighted by Crippen LogP contribution is -2.43. The van der Waals surface area contributed by atoms with E-state index in [4.69, 9.17) is 8.83 Å². The Bertz CT molecular complexity index is 692. The second-order valence-corrected chi connectivity index (χ2v) is 5.24. The third kappa shape index (κ3) is 4.01. The number of aromatic nitrogens is 2. The number of rotatable bonds is 8. The number of carbonyl (C=O) groups is 2. The second-order valence-electron chi connectivity index (χ2n) is 5.24. The first-order chi connectivity index (χ1) is 11.6. The molecule has 0 aliphatic rings. The molecule has 2 rings (SSSR count). The van der Waals surface area contributed by atoms with E-state index in [2.05, 4.69) is 20.6 Å². The Morgan fingerprint density at radius 1 is 1.00 bits per heavy atom. The molecule has 2 aromatic rings. The third-order valence-corrected chi connectivity index (χ3v) is 3.69. The van der Waals surface area contributed by atoms with Gasteiger partial charge in [0.1, 0.15) is 11.5 Å². The average Bonchev–Trinajstić information content (AvgIpc) is 3.26. The molecule has 0 radical (unpaired) electrons. The van der Waals surface area contributed by atoms with Crippen LogP contribution in [0.4, 0.5) is 0 Å². The van der Waals surface area contributed by atoms with E-state index in [9.17, 15) is 9.59 Å². The minimum atomic E-state index is -0.316. The summed E-state index contributed by atoms with van der Waals surface area (Å²) in [4.78, 5) is 32.3. The van der Waals surface area contributed by atoms with Crippen molar-refractivity contribution in [2.75, 3.05) is 6.54 Å². The molecule has 0 aromatic carbocycles. The second kappa shape index (κ2) is 8.28. The molecule has 8 nitrogen and oxygen atoms in total. The summed E-state index contributed by atoms with van der Waals surface area (Å²) in [5.41, 5.74) is 0.565. The molecule has 0 saturated heterocycles. The number of nitrogens with one attached hydrogen (secondary N) is 2. The summed E-state index contributed by atoms with van der Waals surface area (Å²) in [6.07, 6.45) is 4.34. The van der Waals surface area contributed by atoms with Gasteiger partial charge in [0.05, 0.1) is 0 Å². The van der Waals surface area contributed by atoms with Gasteiger partial charge in [-0.15, -0.1) is 0 Å². The van der Waals surface area contributed by atoms with Crippen molar-refractivity contribution in [1.82, 2.24) is 20.6 Å². The fraction of sp³-hybridized carbons (Fsp3) is 0.500. The van der Waals surface area contributed by atoms with Gasteiger partial charge in [0.25, 0.3) is 11.8 Å². The largest absolute Gasteiger partial charge is 0.448 e. The van der Waals surface area contributed by atoms with Crippen LogP contribution in [0.3, 0.4) is 0 Å². The Hall–Kier alpha value is -2.64. The molecular formula is C16H22N4O4. The molecule has 0 saturated carbocycles. The zero-order valence-electron chi connectivity index (χ0n) is 14.1. The molecular weight excluding hydrogens is 312 g/mol. The van der Waals surface area contributed by atoms with Gasteiger partial charge < -0.3 is 19.5 Å². The van der Waals surface area contributed by atoms with Crippen molar-refractivity contribution in [3.05, 3.63) is 35.7 Å². The van der Waals surface area contributed by atoms with Crippen LogP contribution in [0.5, 0.6) is 0 Å². The molecule has 0 aliphatic carbocycles.